The zero-order valence-corrected chi connectivity index (χ0v) is 12.3. The highest BCUT2D eigenvalue weighted by atomic mass is 32.2. The van der Waals surface area contributed by atoms with Gasteiger partial charge in [0, 0.05) is 0 Å². The number of hydrogen-bond donors (Lipinski definition) is 3. The molecule has 0 spiro atoms. The standard InChI is InChI=1S/C15H15NO5S/c17-12-6-8-13(9-7-12)22(20,21)14(15(18)16-19)10-11-4-2-1-3-5-11/h1-9,14,17,19H,10H2,(H,16,18). The first kappa shape index (κ1) is 16.0. The molecule has 0 saturated carbocycles. The van der Waals surface area contributed by atoms with Crippen LogP contribution < -0.4 is 5.48 Å². The van der Waals surface area contributed by atoms with Gasteiger partial charge in [-0.3, -0.25) is 10.0 Å². The second kappa shape index (κ2) is 6.59. The van der Waals surface area contributed by atoms with E-state index in [4.69, 9.17) is 5.21 Å². The second-order valence-electron chi connectivity index (χ2n) is 4.69. The molecule has 1 unspecified atom stereocenters. The Bertz CT molecular complexity index is 741. The van der Waals surface area contributed by atoms with Crippen molar-refractivity contribution in [2.24, 2.45) is 0 Å². The Balaban J connectivity index is 2.40. The molecule has 0 heterocycles. The average Bonchev–Trinajstić information content (AvgIpc) is 2.53. The number of amides is 1. The van der Waals surface area contributed by atoms with Crippen molar-refractivity contribution in [2.75, 3.05) is 0 Å². The summed E-state index contributed by atoms with van der Waals surface area (Å²) in [4.78, 5) is 11.7. The number of phenolic OH excluding ortho intramolecular Hbond substituents is 1. The highest BCUT2D eigenvalue weighted by Gasteiger charge is 2.34. The van der Waals surface area contributed by atoms with E-state index < -0.39 is 21.0 Å². The van der Waals surface area contributed by atoms with Crippen molar-refractivity contribution in [3.63, 3.8) is 0 Å². The molecule has 0 aliphatic rings. The number of phenols is 1. The zero-order chi connectivity index (χ0) is 16.2. The van der Waals surface area contributed by atoms with Crippen LogP contribution in [0.2, 0.25) is 0 Å². The lowest BCUT2D eigenvalue weighted by Crippen LogP contribution is -2.40. The largest absolute Gasteiger partial charge is 0.508 e. The van der Waals surface area contributed by atoms with Crippen molar-refractivity contribution in [3.05, 3.63) is 60.2 Å². The normalized spacial score (nSPS) is 12.6. The first-order chi connectivity index (χ1) is 10.4. The van der Waals surface area contributed by atoms with E-state index in [1.54, 1.807) is 30.3 Å². The van der Waals surface area contributed by atoms with Crippen LogP contribution >= 0.6 is 0 Å². The minimum Gasteiger partial charge on any atom is -0.508 e. The van der Waals surface area contributed by atoms with Crippen molar-refractivity contribution in [2.45, 2.75) is 16.6 Å². The molecule has 0 aliphatic heterocycles. The summed E-state index contributed by atoms with van der Waals surface area (Å²) < 4.78 is 25.2. The molecule has 0 fully saturated rings. The minimum atomic E-state index is -4.01. The molecule has 7 heteroatoms. The lowest BCUT2D eigenvalue weighted by molar-refractivity contribution is -0.128. The van der Waals surface area contributed by atoms with E-state index in [9.17, 15) is 18.3 Å². The number of aromatic hydroxyl groups is 1. The Hall–Kier alpha value is -2.38. The van der Waals surface area contributed by atoms with Gasteiger partial charge in [0.2, 0.25) is 0 Å². The van der Waals surface area contributed by atoms with Crippen LogP contribution in [0.25, 0.3) is 0 Å². The molecular formula is C15H15NO5S. The zero-order valence-electron chi connectivity index (χ0n) is 11.5. The number of nitrogens with one attached hydrogen (secondary N) is 1. The maximum atomic E-state index is 12.6. The molecule has 1 amide bonds. The number of sulfone groups is 1. The summed E-state index contributed by atoms with van der Waals surface area (Å²) in [5.41, 5.74) is 2.06. The number of rotatable bonds is 5. The monoisotopic (exact) mass is 321 g/mol. The number of hydrogen-bond acceptors (Lipinski definition) is 5. The van der Waals surface area contributed by atoms with Crippen LogP contribution in [0, 0.1) is 0 Å². The Morgan fingerprint density at radius 2 is 1.64 bits per heavy atom. The van der Waals surface area contributed by atoms with Gasteiger partial charge < -0.3 is 5.11 Å². The van der Waals surface area contributed by atoms with Gasteiger partial charge in [0.25, 0.3) is 5.91 Å². The fourth-order valence-electron chi connectivity index (χ4n) is 2.04. The van der Waals surface area contributed by atoms with Gasteiger partial charge in [-0.05, 0) is 36.2 Å². The summed E-state index contributed by atoms with van der Waals surface area (Å²) >= 11 is 0. The first-order valence-electron chi connectivity index (χ1n) is 6.46. The molecule has 116 valence electrons. The van der Waals surface area contributed by atoms with E-state index in [2.05, 4.69) is 0 Å². The SMILES string of the molecule is O=C(NO)C(Cc1ccccc1)S(=O)(=O)c1ccc(O)cc1. The van der Waals surface area contributed by atoms with Gasteiger partial charge in [0.1, 0.15) is 5.75 Å². The van der Waals surface area contributed by atoms with Gasteiger partial charge in [-0.2, -0.15) is 0 Å². The van der Waals surface area contributed by atoms with Gasteiger partial charge >= 0.3 is 0 Å². The van der Waals surface area contributed by atoms with Gasteiger partial charge in [0.05, 0.1) is 4.90 Å². The Morgan fingerprint density at radius 1 is 1.05 bits per heavy atom. The van der Waals surface area contributed by atoms with Crippen molar-refractivity contribution in [3.8, 4) is 5.75 Å². The van der Waals surface area contributed by atoms with Gasteiger partial charge in [-0.15, -0.1) is 0 Å². The molecule has 2 rings (SSSR count). The fraction of sp³-hybridized carbons (Fsp3) is 0.133. The summed E-state index contributed by atoms with van der Waals surface area (Å²) in [6.07, 6.45) is -0.0730. The smallest absolute Gasteiger partial charge is 0.262 e. The van der Waals surface area contributed by atoms with Crippen LogP contribution in [0.5, 0.6) is 5.75 Å². The van der Waals surface area contributed by atoms with E-state index in [0.717, 1.165) is 0 Å². The number of benzene rings is 2. The van der Waals surface area contributed by atoms with E-state index in [1.807, 2.05) is 0 Å². The van der Waals surface area contributed by atoms with Crippen LogP contribution in [0.4, 0.5) is 0 Å². The predicted octanol–water partition coefficient (Wildman–Crippen LogP) is 1.28. The van der Waals surface area contributed by atoms with Crippen LogP contribution in [-0.4, -0.2) is 29.9 Å². The lowest BCUT2D eigenvalue weighted by atomic mass is 10.1. The summed E-state index contributed by atoms with van der Waals surface area (Å²) in [5.74, 6) is -1.08. The minimum absolute atomic E-state index is 0.0730. The van der Waals surface area contributed by atoms with Crippen molar-refractivity contribution in [1.82, 2.24) is 5.48 Å². The third-order valence-electron chi connectivity index (χ3n) is 3.21. The second-order valence-corrected chi connectivity index (χ2v) is 6.82. The molecule has 6 nitrogen and oxygen atoms in total. The molecule has 3 N–H and O–H groups in total. The molecule has 0 aliphatic carbocycles. The van der Waals surface area contributed by atoms with E-state index in [1.165, 1.54) is 29.7 Å². The van der Waals surface area contributed by atoms with Crippen molar-refractivity contribution < 1.29 is 23.5 Å². The molecule has 0 aromatic heterocycles. The third kappa shape index (κ3) is 3.44. The predicted molar refractivity (Wildman–Crippen MR) is 79.2 cm³/mol. The van der Waals surface area contributed by atoms with Gasteiger partial charge in [-0.25, -0.2) is 13.9 Å². The third-order valence-corrected chi connectivity index (χ3v) is 5.27. The summed E-state index contributed by atoms with van der Waals surface area (Å²) in [5, 5.41) is 16.6. The summed E-state index contributed by atoms with van der Waals surface area (Å²) in [6.45, 7) is 0. The molecule has 0 saturated heterocycles. The maximum absolute atomic E-state index is 12.6. The quantitative estimate of drug-likeness (QED) is 0.568. The molecule has 2 aromatic rings. The Kier molecular flexibility index (Phi) is 4.79. The van der Waals surface area contributed by atoms with Crippen LogP contribution in [0.15, 0.2) is 59.5 Å². The van der Waals surface area contributed by atoms with Gasteiger partial charge in [0.15, 0.2) is 15.1 Å². The maximum Gasteiger partial charge on any atom is 0.262 e. The molecule has 0 radical (unpaired) electrons. The van der Waals surface area contributed by atoms with Crippen LogP contribution in [0.1, 0.15) is 5.56 Å². The number of carbonyl (C=O) groups excluding carboxylic acids is 1. The molecular weight excluding hydrogens is 306 g/mol. The highest BCUT2D eigenvalue weighted by Crippen LogP contribution is 2.22. The van der Waals surface area contributed by atoms with Crippen molar-refractivity contribution in [1.29, 1.82) is 0 Å². The van der Waals surface area contributed by atoms with Crippen LogP contribution in [0.3, 0.4) is 0 Å². The molecule has 2 aromatic carbocycles. The highest BCUT2D eigenvalue weighted by molar-refractivity contribution is 7.92. The van der Waals surface area contributed by atoms with E-state index in [-0.39, 0.29) is 17.1 Å². The Morgan fingerprint density at radius 3 is 2.18 bits per heavy atom. The lowest BCUT2D eigenvalue weighted by Gasteiger charge is -2.16. The van der Waals surface area contributed by atoms with E-state index in [0.29, 0.717) is 5.56 Å². The molecule has 0 bridgehead atoms. The fourth-order valence-corrected chi connectivity index (χ4v) is 3.63. The topological polar surface area (TPSA) is 104 Å². The first-order valence-corrected chi connectivity index (χ1v) is 8.00. The average molecular weight is 321 g/mol. The van der Waals surface area contributed by atoms with Gasteiger partial charge in [-0.1, -0.05) is 30.3 Å². The van der Waals surface area contributed by atoms with E-state index >= 15 is 0 Å². The Labute approximate surface area is 127 Å². The van der Waals surface area contributed by atoms with Crippen molar-refractivity contribution >= 4 is 15.7 Å². The summed E-state index contributed by atoms with van der Waals surface area (Å²) in [6, 6.07) is 13.5. The number of hydroxylamine groups is 1. The number of carbonyl (C=O) groups is 1. The summed E-state index contributed by atoms with van der Waals surface area (Å²) in [7, 11) is -4.01. The molecule has 1 atom stereocenters. The molecule has 22 heavy (non-hydrogen) atoms. The van der Waals surface area contributed by atoms with Crippen LogP contribution in [-0.2, 0) is 21.1 Å².